The molecule has 2 heterocycles. The van der Waals surface area contributed by atoms with Gasteiger partial charge in [0.25, 0.3) is 0 Å². The van der Waals surface area contributed by atoms with Crippen molar-refractivity contribution in [3.8, 4) is 22.6 Å². The first-order chi connectivity index (χ1) is 15.6. The van der Waals surface area contributed by atoms with Gasteiger partial charge in [-0.3, -0.25) is 9.79 Å². The number of ether oxygens (including phenoxy) is 2. The summed E-state index contributed by atoms with van der Waals surface area (Å²) in [6.45, 7) is 7.68. The maximum Gasteiger partial charge on any atom is 0.250 e. The van der Waals surface area contributed by atoms with E-state index in [4.69, 9.17) is 13.9 Å². The summed E-state index contributed by atoms with van der Waals surface area (Å²) in [5, 5.41) is 4.47. The van der Waals surface area contributed by atoms with Crippen molar-refractivity contribution < 1.29 is 18.7 Å². The van der Waals surface area contributed by atoms with Gasteiger partial charge >= 0.3 is 0 Å². The average Bonchev–Trinajstić information content (AvgIpc) is 3.43. The van der Waals surface area contributed by atoms with Crippen molar-refractivity contribution in [2.24, 2.45) is 4.99 Å². The summed E-state index contributed by atoms with van der Waals surface area (Å²) < 4.78 is 17.3. The molecule has 1 amide bonds. The highest BCUT2D eigenvalue weighted by molar-refractivity contribution is 8.14. The molecule has 1 N–H and O–H groups in total. The normalized spacial score (nSPS) is 13.8. The third-order valence-electron chi connectivity index (χ3n) is 5.04. The molecule has 0 aliphatic carbocycles. The highest BCUT2D eigenvalue weighted by atomic mass is 32.2. The number of nitrogens with zero attached hydrogens (tertiary/aromatic N) is 1. The highest BCUT2D eigenvalue weighted by Crippen LogP contribution is 2.38. The van der Waals surface area contributed by atoms with Gasteiger partial charge in [0.2, 0.25) is 5.91 Å². The van der Waals surface area contributed by atoms with Crippen LogP contribution in [0.15, 0.2) is 58.1 Å². The number of fused-ring (bicyclic) bond motifs is 1. The van der Waals surface area contributed by atoms with E-state index < -0.39 is 0 Å². The van der Waals surface area contributed by atoms with E-state index in [1.165, 1.54) is 0 Å². The first-order valence-corrected chi connectivity index (χ1v) is 11.7. The quantitative estimate of drug-likeness (QED) is 0.480. The Morgan fingerprint density at radius 1 is 1.19 bits per heavy atom. The molecule has 0 saturated carbocycles. The molecule has 0 saturated heterocycles. The smallest absolute Gasteiger partial charge is 0.250 e. The lowest BCUT2D eigenvalue weighted by atomic mass is 9.99. The van der Waals surface area contributed by atoms with E-state index in [2.05, 4.69) is 10.3 Å². The Hall–Kier alpha value is -3.19. The third kappa shape index (κ3) is 4.83. The molecule has 0 atom stereocenters. The summed E-state index contributed by atoms with van der Waals surface area (Å²) >= 11 is 1.55. The summed E-state index contributed by atoms with van der Waals surface area (Å²) in [6.07, 6.45) is 3.34. The summed E-state index contributed by atoms with van der Waals surface area (Å²) in [5.41, 5.74) is 4.38. The number of amidine groups is 1. The van der Waals surface area contributed by atoms with Crippen LogP contribution >= 0.6 is 11.8 Å². The zero-order chi connectivity index (χ0) is 22.5. The predicted octanol–water partition coefficient (Wildman–Crippen LogP) is 5.52. The maximum atomic E-state index is 12.5. The molecule has 0 radical (unpaired) electrons. The number of thioether (sulfide) groups is 1. The lowest BCUT2D eigenvalue weighted by Crippen LogP contribution is -2.25. The fourth-order valence-electron chi connectivity index (χ4n) is 3.59. The van der Waals surface area contributed by atoms with Crippen molar-refractivity contribution in [1.29, 1.82) is 0 Å². The molecule has 0 bridgehead atoms. The van der Waals surface area contributed by atoms with Gasteiger partial charge in [-0.2, -0.15) is 0 Å². The predicted molar refractivity (Wildman–Crippen MR) is 131 cm³/mol. The third-order valence-corrected chi connectivity index (χ3v) is 5.93. The minimum absolute atomic E-state index is 0.197. The number of amides is 1. The SMILES string of the molecule is CCOc1ccc(-c2coc3cc(OCC)c(/C(C)=C/C(=O)NC4=NCCS4)cc23)cc1. The Labute approximate surface area is 191 Å². The molecule has 1 aromatic heterocycles. The standard InChI is InChI=1S/C25H26N2O4S/c1-4-29-18-8-6-17(7-9-18)21-15-31-23-14-22(30-5-2)19(13-20(21)23)16(3)12-24(28)27-25-26-10-11-32-25/h6-9,12-15H,4-5,10-11H2,1-3H3,(H,26,27,28)/b16-12+. The van der Waals surface area contributed by atoms with Crippen molar-refractivity contribution in [3.05, 3.63) is 54.3 Å². The molecular formula is C25H26N2O4S. The zero-order valence-corrected chi connectivity index (χ0v) is 19.3. The van der Waals surface area contributed by atoms with E-state index in [0.29, 0.717) is 24.1 Å². The van der Waals surface area contributed by atoms with Crippen LogP contribution in [0.3, 0.4) is 0 Å². The molecule has 32 heavy (non-hydrogen) atoms. The van der Waals surface area contributed by atoms with E-state index in [1.807, 2.05) is 57.2 Å². The topological polar surface area (TPSA) is 73.1 Å². The molecule has 3 aromatic rings. The second-order valence-corrected chi connectivity index (χ2v) is 8.32. The minimum atomic E-state index is -0.197. The van der Waals surface area contributed by atoms with Crippen LogP contribution in [0.25, 0.3) is 27.7 Å². The number of hydrogen-bond donors (Lipinski definition) is 1. The number of nitrogens with one attached hydrogen (secondary N) is 1. The number of rotatable bonds is 7. The highest BCUT2D eigenvalue weighted by Gasteiger charge is 2.16. The molecule has 1 aliphatic heterocycles. The van der Waals surface area contributed by atoms with Gasteiger partial charge in [-0.1, -0.05) is 23.9 Å². The number of carbonyl (C=O) groups is 1. The Bertz CT molecular complexity index is 1180. The maximum absolute atomic E-state index is 12.5. The van der Waals surface area contributed by atoms with E-state index in [0.717, 1.165) is 51.3 Å². The van der Waals surface area contributed by atoms with Gasteiger partial charge in [-0.05, 0) is 50.1 Å². The van der Waals surface area contributed by atoms with E-state index in [9.17, 15) is 4.79 Å². The van der Waals surface area contributed by atoms with Gasteiger partial charge in [-0.15, -0.1) is 0 Å². The van der Waals surface area contributed by atoms with Gasteiger partial charge in [0.15, 0.2) is 5.17 Å². The van der Waals surface area contributed by atoms with Crippen LogP contribution in [0, 0.1) is 0 Å². The molecular weight excluding hydrogens is 424 g/mol. The van der Waals surface area contributed by atoms with Crippen LogP contribution in [-0.2, 0) is 4.79 Å². The number of hydrogen-bond acceptors (Lipinski definition) is 6. The largest absolute Gasteiger partial charge is 0.494 e. The van der Waals surface area contributed by atoms with Crippen LogP contribution in [-0.4, -0.2) is 36.6 Å². The second-order valence-electron chi connectivity index (χ2n) is 7.24. The van der Waals surface area contributed by atoms with Gasteiger partial charge < -0.3 is 19.2 Å². The van der Waals surface area contributed by atoms with Gasteiger partial charge in [-0.25, -0.2) is 0 Å². The van der Waals surface area contributed by atoms with Gasteiger partial charge in [0.1, 0.15) is 17.1 Å². The van der Waals surface area contributed by atoms with Crippen molar-refractivity contribution in [1.82, 2.24) is 5.32 Å². The van der Waals surface area contributed by atoms with Crippen LogP contribution < -0.4 is 14.8 Å². The molecule has 6 nitrogen and oxygen atoms in total. The van der Waals surface area contributed by atoms with Crippen LogP contribution in [0.2, 0.25) is 0 Å². The number of carbonyl (C=O) groups excluding carboxylic acids is 1. The van der Waals surface area contributed by atoms with Crippen LogP contribution in [0.4, 0.5) is 0 Å². The monoisotopic (exact) mass is 450 g/mol. The van der Waals surface area contributed by atoms with Crippen molar-refractivity contribution in [2.75, 3.05) is 25.5 Å². The van der Waals surface area contributed by atoms with E-state index in [1.54, 1.807) is 24.1 Å². The van der Waals surface area contributed by atoms with E-state index >= 15 is 0 Å². The number of benzene rings is 2. The summed E-state index contributed by atoms with van der Waals surface area (Å²) in [6, 6.07) is 11.8. The fraction of sp³-hybridized carbons (Fsp3) is 0.280. The molecule has 4 rings (SSSR count). The van der Waals surface area contributed by atoms with E-state index in [-0.39, 0.29) is 5.91 Å². The molecule has 7 heteroatoms. The van der Waals surface area contributed by atoms with Crippen LogP contribution in [0.1, 0.15) is 26.3 Å². The Morgan fingerprint density at radius 2 is 1.97 bits per heavy atom. The lowest BCUT2D eigenvalue weighted by Gasteiger charge is -2.12. The van der Waals surface area contributed by atoms with Crippen molar-refractivity contribution in [3.63, 3.8) is 0 Å². The molecule has 166 valence electrons. The Balaban J connectivity index is 1.70. The molecule has 0 fully saturated rings. The van der Waals surface area contributed by atoms with Gasteiger partial charge in [0.05, 0.1) is 26.0 Å². The Morgan fingerprint density at radius 3 is 2.66 bits per heavy atom. The average molecular weight is 451 g/mol. The summed E-state index contributed by atoms with van der Waals surface area (Å²) in [4.78, 5) is 16.8. The van der Waals surface area contributed by atoms with Gasteiger partial charge in [0, 0.05) is 34.4 Å². The number of aliphatic imine (C=N–C) groups is 1. The lowest BCUT2D eigenvalue weighted by molar-refractivity contribution is -0.115. The number of furan rings is 1. The Kier molecular flexibility index (Phi) is 6.85. The zero-order valence-electron chi connectivity index (χ0n) is 18.4. The fourth-order valence-corrected chi connectivity index (χ4v) is 4.32. The minimum Gasteiger partial charge on any atom is -0.494 e. The van der Waals surface area contributed by atoms with Crippen LogP contribution in [0.5, 0.6) is 11.5 Å². The number of allylic oxidation sites excluding steroid dienone is 1. The molecule has 1 aliphatic rings. The molecule has 0 spiro atoms. The molecule has 2 aromatic carbocycles. The van der Waals surface area contributed by atoms with Crippen molar-refractivity contribution in [2.45, 2.75) is 20.8 Å². The van der Waals surface area contributed by atoms with Crippen molar-refractivity contribution >= 4 is 39.4 Å². The second kappa shape index (κ2) is 9.96. The summed E-state index contributed by atoms with van der Waals surface area (Å²) in [5.74, 6) is 2.22. The summed E-state index contributed by atoms with van der Waals surface area (Å²) in [7, 11) is 0. The first kappa shape index (κ1) is 22.0. The molecule has 0 unspecified atom stereocenters. The first-order valence-electron chi connectivity index (χ1n) is 10.7.